The smallest absolute Gasteiger partial charge is 0.321 e. The van der Waals surface area contributed by atoms with Crippen molar-refractivity contribution in [1.82, 2.24) is 0 Å². The van der Waals surface area contributed by atoms with Crippen molar-refractivity contribution in [2.24, 2.45) is 0 Å². The van der Waals surface area contributed by atoms with Gasteiger partial charge in [0.2, 0.25) is 0 Å². The van der Waals surface area contributed by atoms with Crippen molar-refractivity contribution in [3.8, 4) is 0 Å². The molecule has 1 heterocycles. The highest BCUT2D eigenvalue weighted by molar-refractivity contribution is 14.1. The molecule has 0 radical (unpaired) electrons. The van der Waals surface area contributed by atoms with E-state index in [9.17, 15) is 4.79 Å². The lowest BCUT2D eigenvalue weighted by molar-refractivity contribution is -0.145. The number of alkyl halides is 1. The van der Waals surface area contributed by atoms with Gasteiger partial charge < -0.3 is 9.47 Å². The number of halogens is 1. The van der Waals surface area contributed by atoms with Crippen molar-refractivity contribution in [3.05, 3.63) is 0 Å². The summed E-state index contributed by atoms with van der Waals surface area (Å²) in [4.78, 5) is 11.3. The highest BCUT2D eigenvalue weighted by Gasteiger charge is 2.28. The van der Waals surface area contributed by atoms with E-state index in [-0.39, 0.29) is 16.0 Å². The highest BCUT2D eigenvalue weighted by atomic mass is 127. The predicted octanol–water partition coefficient (Wildman–Crippen LogP) is 1.92. The predicted molar refractivity (Wildman–Crippen MR) is 58.0 cm³/mol. The molecule has 0 saturated carbocycles. The summed E-state index contributed by atoms with van der Waals surface area (Å²) in [5.74, 6) is -0.144. The van der Waals surface area contributed by atoms with Gasteiger partial charge in [-0.1, -0.05) is 22.6 Å². The van der Waals surface area contributed by atoms with Crippen LogP contribution in [0, 0.1) is 0 Å². The second kappa shape index (κ2) is 5.80. The molecule has 4 heteroatoms. The quantitative estimate of drug-likeness (QED) is 0.454. The molecule has 1 aliphatic rings. The molecule has 1 rings (SSSR count). The number of carbonyl (C=O) groups excluding carboxylic acids is 1. The summed E-state index contributed by atoms with van der Waals surface area (Å²) < 4.78 is 10.3. The van der Waals surface area contributed by atoms with Gasteiger partial charge in [0.05, 0.1) is 12.7 Å². The minimum absolute atomic E-state index is 0.0633. The van der Waals surface area contributed by atoms with Crippen molar-refractivity contribution in [3.63, 3.8) is 0 Å². The van der Waals surface area contributed by atoms with Gasteiger partial charge in [0.15, 0.2) is 0 Å². The molecule has 0 aromatic carbocycles. The maximum Gasteiger partial charge on any atom is 0.321 e. The van der Waals surface area contributed by atoms with Crippen molar-refractivity contribution >= 4 is 28.6 Å². The van der Waals surface area contributed by atoms with Crippen LogP contribution in [0.5, 0.6) is 0 Å². The third kappa shape index (κ3) is 3.42. The minimum Gasteiger partial charge on any atom is -0.465 e. The maximum absolute atomic E-state index is 11.3. The average molecular weight is 298 g/mol. The monoisotopic (exact) mass is 298 g/mol. The molecule has 2 atom stereocenters. The van der Waals surface area contributed by atoms with E-state index in [1.54, 1.807) is 0 Å². The van der Waals surface area contributed by atoms with Crippen LogP contribution in [-0.2, 0) is 14.3 Å². The molecule has 1 fully saturated rings. The molecule has 1 saturated heterocycles. The van der Waals surface area contributed by atoms with Crippen LogP contribution in [-0.4, -0.2) is 29.2 Å². The Morgan fingerprint density at radius 3 is 3.00 bits per heavy atom. The molecule has 0 aliphatic carbocycles. The van der Waals surface area contributed by atoms with Gasteiger partial charge in [-0.05, 0) is 26.2 Å². The fourth-order valence-corrected chi connectivity index (χ4v) is 2.12. The molecule has 0 unspecified atom stereocenters. The van der Waals surface area contributed by atoms with Gasteiger partial charge in [0, 0.05) is 6.61 Å². The minimum atomic E-state index is -0.144. The van der Waals surface area contributed by atoms with E-state index in [1.165, 1.54) is 0 Å². The van der Waals surface area contributed by atoms with Crippen molar-refractivity contribution in [2.45, 2.75) is 36.2 Å². The summed E-state index contributed by atoms with van der Waals surface area (Å²) in [6.07, 6.45) is 3.31. The van der Waals surface area contributed by atoms with Crippen molar-refractivity contribution in [1.29, 1.82) is 0 Å². The van der Waals surface area contributed by atoms with Crippen LogP contribution in [0.3, 0.4) is 0 Å². The molecule has 0 amide bonds. The van der Waals surface area contributed by atoms with Gasteiger partial charge in [-0.15, -0.1) is 0 Å². The molecule has 13 heavy (non-hydrogen) atoms. The summed E-state index contributed by atoms with van der Waals surface area (Å²) in [6, 6.07) is 0. The Bertz CT molecular complexity index is 166. The molecular weight excluding hydrogens is 283 g/mol. The lowest BCUT2D eigenvalue weighted by Gasteiger charge is -2.25. The Kier molecular flexibility index (Phi) is 5.01. The van der Waals surface area contributed by atoms with E-state index >= 15 is 0 Å². The lowest BCUT2D eigenvalue weighted by Crippen LogP contribution is -2.34. The standard InChI is InChI=1S/C9H15IO3/c1-2-12-9(11)8(10)7-5-3-4-6-13-7/h7-8H,2-6H2,1H3/t7-,8-/m0/s1. The topological polar surface area (TPSA) is 35.5 Å². The number of rotatable bonds is 3. The first-order chi connectivity index (χ1) is 6.25. The third-order valence-electron chi connectivity index (χ3n) is 2.05. The van der Waals surface area contributed by atoms with Gasteiger partial charge in [-0.25, -0.2) is 0 Å². The van der Waals surface area contributed by atoms with E-state index in [0.29, 0.717) is 6.61 Å². The molecule has 0 N–H and O–H groups in total. The number of hydrogen-bond donors (Lipinski definition) is 0. The third-order valence-corrected chi connectivity index (χ3v) is 3.36. The molecule has 0 spiro atoms. The van der Waals surface area contributed by atoms with Crippen molar-refractivity contribution < 1.29 is 14.3 Å². The van der Waals surface area contributed by atoms with Crippen LogP contribution in [0.4, 0.5) is 0 Å². The molecule has 3 nitrogen and oxygen atoms in total. The summed E-state index contributed by atoms with van der Waals surface area (Å²) in [5, 5.41) is 0. The van der Waals surface area contributed by atoms with E-state index in [1.807, 2.05) is 6.92 Å². The summed E-state index contributed by atoms with van der Waals surface area (Å²) in [7, 11) is 0. The van der Waals surface area contributed by atoms with E-state index in [4.69, 9.17) is 9.47 Å². The van der Waals surface area contributed by atoms with Crippen LogP contribution < -0.4 is 0 Å². The second-order valence-corrected chi connectivity index (χ2v) is 4.40. The Hall–Kier alpha value is 0.160. The lowest BCUT2D eigenvalue weighted by atomic mass is 10.1. The van der Waals surface area contributed by atoms with Gasteiger partial charge in [0.1, 0.15) is 3.92 Å². The summed E-state index contributed by atoms with van der Waals surface area (Å²) in [5.41, 5.74) is 0. The number of carbonyl (C=O) groups is 1. The van der Waals surface area contributed by atoms with Gasteiger partial charge in [0.25, 0.3) is 0 Å². The summed E-state index contributed by atoms with van der Waals surface area (Å²) >= 11 is 2.11. The highest BCUT2D eigenvalue weighted by Crippen LogP contribution is 2.21. The normalized spacial score (nSPS) is 25.2. The van der Waals surface area contributed by atoms with Crippen LogP contribution >= 0.6 is 22.6 Å². The molecule has 1 aliphatic heterocycles. The zero-order valence-electron chi connectivity index (χ0n) is 7.79. The second-order valence-electron chi connectivity index (χ2n) is 3.06. The fourth-order valence-electron chi connectivity index (χ4n) is 1.37. The average Bonchev–Trinajstić information content (AvgIpc) is 2.18. The van der Waals surface area contributed by atoms with E-state index in [0.717, 1.165) is 25.9 Å². The largest absolute Gasteiger partial charge is 0.465 e. The van der Waals surface area contributed by atoms with Gasteiger partial charge in [-0.3, -0.25) is 4.79 Å². The summed E-state index contributed by atoms with van der Waals surface area (Å²) in [6.45, 7) is 3.05. The number of esters is 1. The Balaban J connectivity index is 2.35. The Morgan fingerprint density at radius 2 is 2.46 bits per heavy atom. The molecular formula is C9H15IO3. The van der Waals surface area contributed by atoms with Gasteiger partial charge in [-0.2, -0.15) is 0 Å². The first-order valence-corrected chi connectivity index (χ1v) is 5.92. The molecule has 76 valence electrons. The number of ether oxygens (including phenoxy) is 2. The number of hydrogen-bond acceptors (Lipinski definition) is 3. The SMILES string of the molecule is CCOC(=O)[C@@H](I)[C@@H]1CCCCO1. The fraction of sp³-hybridized carbons (Fsp3) is 0.889. The Morgan fingerprint density at radius 1 is 1.69 bits per heavy atom. The van der Waals surface area contributed by atoms with Crippen LogP contribution in [0.1, 0.15) is 26.2 Å². The van der Waals surface area contributed by atoms with E-state index < -0.39 is 0 Å². The first-order valence-electron chi connectivity index (χ1n) is 4.68. The van der Waals surface area contributed by atoms with Gasteiger partial charge >= 0.3 is 5.97 Å². The maximum atomic E-state index is 11.3. The first kappa shape index (κ1) is 11.2. The molecule has 0 bridgehead atoms. The van der Waals surface area contributed by atoms with Crippen LogP contribution in [0.2, 0.25) is 0 Å². The van der Waals surface area contributed by atoms with Crippen molar-refractivity contribution in [2.75, 3.05) is 13.2 Å². The molecule has 0 aromatic heterocycles. The van der Waals surface area contributed by atoms with Crippen LogP contribution in [0.15, 0.2) is 0 Å². The van der Waals surface area contributed by atoms with Crippen LogP contribution in [0.25, 0.3) is 0 Å². The zero-order chi connectivity index (χ0) is 9.68. The van der Waals surface area contributed by atoms with E-state index in [2.05, 4.69) is 22.6 Å². The Labute approximate surface area is 92.3 Å². The zero-order valence-corrected chi connectivity index (χ0v) is 9.95. The molecule has 0 aromatic rings.